The van der Waals surface area contributed by atoms with Gasteiger partial charge in [0.05, 0.1) is 12.7 Å². The molecule has 2 N–H and O–H groups in total. The molecule has 5 heteroatoms. The normalized spacial score (nSPS) is 20.6. The van der Waals surface area contributed by atoms with Crippen LogP contribution in [0.2, 0.25) is 0 Å². The highest BCUT2D eigenvalue weighted by molar-refractivity contribution is 5.47. The summed E-state index contributed by atoms with van der Waals surface area (Å²) in [4.78, 5) is 11.0. The fraction of sp³-hybridized carbons (Fsp3) is 0.667. The van der Waals surface area contributed by atoms with Crippen molar-refractivity contribution in [1.29, 1.82) is 0 Å². The molecule has 1 aliphatic rings. The molecule has 1 aromatic heterocycles. The molecule has 0 spiro atoms. The molecule has 5 nitrogen and oxygen atoms in total. The SMILES string of the molecule is CCCc1nc(N)cc(N2CCOC(C)C2)n1. The summed E-state index contributed by atoms with van der Waals surface area (Å²) in [7, 11) is 0. The summed E-state index contributed by atoms with van der Waals surface area (Å²) < 4.78 is 5.52. The Hall–Kier alpha value is -1.36. The van der Waals surface area contributed by atoms with Gasteiger partial charge in [0.15, 0.2) is 0 Å². The third-order valence-electron chi connectivity index (χ3n) is 2.82. The van der Waals surface area contributed by atoms with Crippen molar-refractivity contribution in [3.8, 4) is 0 Å². The van der Waals surface area contributed by atoms with E-state index in [0.29, 0.717) is 5.82 Å². The smallest absolute Gasteiger partial charge is 0.134 e. The van der Waals surface area contributed by atoms with Crippen molar-refractivity contribution in [1.82, 2.24) is 9.97 Å². The first kappa shape index (κ1) is 12.1. The largest absolute Gasteiger partial charge is 0.384 e. The van der Waals surface area contributed by atoms with Crippen LogP contribution in [0.3, 0.4) is 0 Å². The van der Waals surface area contributed by atoms with E-state index in [9.17, 15) is 0 Å². The Bertz CT molecular complexity index is 383. The molecule has 0 bridgehead atoms. The molecule has 2 heterocycles. The number of ether oxygens (including phenoxy) is 1. The van der Waals surface area contributed by atoms with Gasteiger partial charge in [-0.25, -0.2) is 9.97 Å². The maximum Gasteiger partial charge on any atom is 0.134 e. The van der Waals surface area contributed by atoms with Gasteiger partial charge in [-0.1, -0.05) is 6.92 Å². The minimum atomic E-state index is 0.245. The van der Waals surface area contributed by atoms with Crippen molar-refractivity contribution >= 4 is 11.6 Å². The first-order chi connectivity index (χ1) is 8.19. The lowest BCUT2D eigenvalue weighted by Crippen LogP contribution is -2.41. The van der Waals surface area contributed by atoms with Gasteiger partial charge in [0, 0.05) is 25.6 Å². The lowest BCUT2D eigenvalue weighted by molar-refractivity contribution is 0.0529. The number of anilines is 2. The molecule has 1 atom stereocenters. The van der Waals surface area contributed by atoms with E-state index in [4.69, 9.17) is 10.5 Å². The van der Waals surface area contributed by atoms with Crippen molar-refractivity contribution in [2.24, 2.45) is 0 Å². The Morgan fingerprint density at radius 2 is 2.35 bits per heavy atom. The van der Waals surface area contributed by atoms with Crippen LogP contribution in [0.1, 0.15) is 26.1 Å². The number of morpholine rings is 1. The molecule has 1 saturated heterocycles. The van der Waals surface area contributed by atoms with Crippen LogP contribution < -0.4 is 10.6 Å². The van der Waals surface area contributed by atoms with E-state index >= 15 is 0 Å². The molecule has 1 unspecified atom stereocenters. The number of nitrogens with two attached hydrogens (primary N) is 1. The van der Waals surface area contributed by atoms with E-state index < -0.39 is 0 Å². The van der Waals surface area contributed by atoms with Gasteiger partial charge < -0.3 is 15.4 Å². The van der Waals surface area contributed by atoms with Crippen LogP contribution in [0.25, 0.3) is 0 Å². The summed E-state index contributed by atoms with van der Waals surface area (Å²) >= 11 is 0. The monoisotopic (exact) mass is 236 g/mol. The lowest BCUT2D eigenvalue weighted by Gasteiger charge is -2.32. The first-order valence-electron chi connectivity index (χ1n) is 6.19. The van der Waals surface area contributed by atoms with Gasteiger partial charge in [-0.05, 0) is 13.3 Å². The average Bonchev–Trinajstić information content (AvgIpc) is 2.28. The molecule has 0 amide bonds. The predicted molar refractivity (Wildman–Crippen MR) is 68.1 cm³/mol. The number of rotatable bonds is 3. The molecule has 2 rings (SSSR count). The van der Waals surface area contributed by atoms with Crippen LogP contribution in [0.15, 0.2) is 6.07 Å². The Morgan fingerprint density at radius 1 is 1.53 bits per heavy atom. The number of aromatic nitrogens is 2. The highest BCUT2D eigenvalue weighted by Crippen LogP contribution is 2.17. The molecule has 0 aliphatic carbocycles. The second-order valence-corrected chi connectivity index (χ2v) is 4.44. The molecular weight excluding hydrogens is 216 g/mol. The summed E-state index contributed by atoms with van der Waals surface area (Å²) in [6, 6.07) is 1.84. The van der Waals surface area contributed by atoms with Gasteiger partial charge in [-0.15, -0.1) is 0 Å². The molecule has 0 saturated carbocycles. The summed E-state index contributed by atoms with van der Waals surface area (Å²) in [6.07, 6.45) is 2.15. The molecule has 1 aliphatic heterocycles. The zero-order valence-electron chi connectivity index (χ0n) is 10.5. The second kappa shape index (κ2) is 5.31. The first-order valence-corrected chi connectivity index (χ1v) is 6.19. The van der Waals surface area contributed by atoms with Crippen molar-refractivity contribution < 1.29 is 4.74 Å². The number of nitrogen functional groups attached to an aromatic ring is 1. The maximum absolute atomic E-state index is 5.82. The zero-order valence-corrected chi connectivity index (χ0v) is 10.5. The quantitative estimate of drug-likeness (QED) is 0.855. The van der Waals surface area contributed by atoms with Crippen LogP contribution in [0.4, 0.5) is 11.6 Å². The molecular formula is C12H20N4O. The van der Waals surface area contributed by atoms with Gasteiger partial charge >= 0.3 is 0 Å². The van der Waals surface area contributed by atoms with Crippen molar-refractivity contribution in [3.05, 3.63) is 11.9 Å². The van der Waals surface area contributed by atoms with Gasteiger partial charge in [0.25, 0.3) is 0 Å². The summed E-state index contributed by atoms with van der Waals surface area (Å²) in [5.74, 6) is 2.32. The number of hydrogen-bond donors (Lipinski definition) is 1. The van der Waals surface area contributed by atoms with Gasteiger partial charge in [-0.2, -0.15) is 0 Å². The molecule has 94 valence electrons. The summed E-state index contributed by atoms with van der Waals surface area (Å²) in [5.41, 5.74) is 5.82. The Labute approximate surface area is 102 Å². The van der Waals surface area contributed by atoms with Crippen LogP contribution in [0.5, 0.6) is 0 Å². The van der Waals surface area contributed by atoms with Crippen molar-refractivity contribution in [3.63, 3.8) is 0 Å². The van der Waals surface area contributed by atoms with E-state index in [0.717, 1.165) is 44.2 Å². The fourth-order valence-corrected chi connectivity index (χ4v) is 2.03. The average molecular weight is 236 g/mol. The second-order valence-electron chi connectivity index (χ2n) is 4.44. The molecule has 0 radical (unpaired) electrons. The van der Waals surface area contributed by atoms with Crippen molar-refractivity contribution in [2.45, 2.75) is 32.8 Å². The van der Waals surface area contributed by atoms with Crippen LogP contribution in [-0.2, 0) is 11.2 Å². The van der Waals surface area contributed by atoms with Crippen LogP contribution >= 0.6 is 0 Å². The molecule has 1 aromatic rings. The molecule has 0 aromatic carbocycles. The van der Waals surface area contributed by atoms with Crippen molar-refractivity contribution in [2.75, 3.05) is 30.3 Å². The standard InChI is InChI=1S/C12H20N4O/c1-3-4-11-14-10(13)7-12(15-11)16-5-6-17-9(2)8-16/h7,9H,3-6,8H2,1-2H3,(H2,13,14,15). The van der Waals surface area contributed by atoms with Gasteiger partial charge in [0.1, 0.15) is 17.5 Å². The number of nitrogens with zero attached hydrogens (tertiary/aromatic N) is 3. The van der Waals surface area contributed by atoms with Crippen LogP contribution in [0, 0.1) is 0 Å². The topological polar surface area (TPSA) is 64.3 Å². The minimum Gasteiger partial charge on any atom is -0.384 e. The Kier molecular flexibility index (Phi) is 3.78. The highest BCUT2D eigenvalue weighted by atomic mass is 16.5. The van der Waals surface area contributed by atoms with E-state index in [2.05, 4.69) is 28.7 Å². The number of hydrogen-bond acceptors (Lipinski definition) is 5. The van der Waals surface area contributed by atoms with Gasteiger partial charge in [-0.3, -0.25) is 0 Å². The van der Waals surface area contributed by atoms with E-state index in [1.165, 1.54) is 0 Å². The zero-order chi connectivity index (χ0) is 12.3. The maximum atomic E-state index is 5.82. The number of aryl methyl sites for hydroxylation is 1. The summed E-state index contributed by atoms with van der Waals surface area (Å²) in [5, 5.41) is 0. The highest BCUT2D eigenvalue weighted by Gasteiger charge is 2.18. The predicted octanol–water partition coefficient (Wildman–Crippen LogP) is 1.24. The van der Waals surface area contributed by atoms with E-state index in [1.54, 1.807) is 0 Å². The molecule has 17 heavy (non-hydrogen) atoms. The molecule has 1 fully saturated rings. The summed E-state index contributed by atoms with van der Waals surface area (Å²) in [6.45, 7) is 6.66. The third kappa shape index (κ3) is 3.06. The third-order valence-corrected chi connectivity index (χ3v) is 2.82. The Morgan fingerprint density at radius 3 is 3.06 bits per heavy atom. The minimum absolute atomic E-state index is 0.245. The van der Waals surface area contributed by atoms with Crippen LogP contribution in [-0.4, -0.2) is 35.8 Å². The Balaban J connectivity index is 2.18. The lowest BCUT2D eigenvalue weighted by atomic mass is 10.3. The van der Waals surface area contributed by atoms with E-state index in [-0.39, 0.29) is 6.10 Å². The fourth-order valence-electron chi connectivity index (χ4n) is 2.03. The van der Waals surface area contributed by atoms with E-state index in [1.807, 2.05) is 6.07 Å². The van der Waals surface area contributed by atoms with Gasteiger partial charge in [0.2, 0.25) is 0 Å².